The molecule has 7 nitrogen and oxygen atoms in total. The molecule has 2 aromatic rings. The molecule has 0 saturated carbocycles. The number of carbonyl (C=O) groups excluding carboxylic acids is 1. The van der Waals surface area contributed by atoms with E-state index in [1.54, 1.807) is 30.0 Å². The van der Waals surface area contributed by atoms with Crippen LogP contribution in [0.15, 0.2) is 35.5 Å². The molecule has 26 heavy (non-hydrogen) atoms. The van der Waals surface area contributed by atoms with Crippen LogP contribution < -0.4 is 10.0 Å². The van der Waals surface area contributed by atoms with E-state index < -0.39 is 28.9 Å². The molecular formula is C16H17F2N5O2S. The number of pyridine rings is 1. The summed E-state index contributed by atoms with van der Waals surface area (Å²) in [7, 11) is 0.569. The maximum atomic E-state index is 12.8. The molecule has 3 heterocycles. The van der Waals surface area contributed by atoms with Crippen LogP contribution in [0.4, 0.5) is 14.5 Å². The normalized spacial score (nSPS) is 19.3. The zero-order valence-corrected chi connectivity index (χ0v) is 14.6. The number of amides is 1. The molecule has 0 spiro atoms. The van der Waals surface area contributed by atoms with Gasteiger partial charge in [0, 0.05) is 30.7 Å². The van der Waals surface area contributed by atoms with Gasteiger partial charge in [0.05, 0.1) is 17.5 Å². The van der Waals surface area contributed by atoms with E-state index in [1.807, 2.05) is 0 Å². The van der Waals surface area contributed by atoms with Gasteiger partial charge in [-0.05, 0) is 23.0 Å². The molecule has 1 unspecified atom stereocenters. The maximum absolute atomic E-state index is 12.8. The molecule has 0 saturated heterocycles. The molecule has 4 N–H and O–H groups in total. The summed E-state index contributed by atoms with van der Waals surface area (Å²) in [5, 5.41) is 11.9. The minimum Gasteiger partial charge on any atom is -0.394 e. The fourth-order valence-corrected chi connectivity index (χ4v) is 3.85. The Hall–Kier alpha value is -2.43. The van der Waals surface area contributed by atoms with Crippen molar-refractivity contribution in [1.29, 1.82) is 4.78 Å². The average molecular weight is 381 g/mol. The van der Waals surface area contributed by atoms with Crippen LogP contribution in [0.5, 0.6) is 0 Å². The summed E-state index contributed by atoms with van der Waals surface area (Å²) in [6.07, 6.45) is 3.54. The van der Waals surface area contributed by atoms with Gasteiger partial charge < -0.3 is 15.0 Å². The molecule has 1 aliphatic heterocycles. The van der Waals surface area contributed by atoms with Gasteiger partial charge in [-0.15, -0.1) is 0 Å². The van der Waals surface area contributed by atoms with Crippen molar-refractivity contribution in [1.82, 2.24) is 14.3 Å². The van der Waals surface area contributed by atoms with Crippen LogP contribution in [0.1, 0.15) is 28.2 Å². The highest BCUT2D eigenvalue weighted by molar-refractivity contribution is 7.84. The minimum atomic E-state index is -2.73. The molecular weight excluding hydrogens is 364 g/mol. The summed E-state index contributed by atoms with van der Waals surface area (Å²) in [4.78, 5) is 16.9. The average Bonchev–Trinajstić information content (AvgIpc) is 2.86. The van der Waals surface area contributed by atoms with Gasteiger partial charge in [0.2, 0.25) is 0 Å². The van der Waals surface area contributed by atoms with E-state index in [9.17, 15) is 18.7 Å². The van der Waals surface area contributed by atoms with E-state index in [0.717, 1.165) is 6.07 Å². The van der Waals surface area contributed by atoms with E-state index in [2.05, 4.69) is 15.0 Å². The van der Waals surface area contributed by atoms with Gasteiger partial charge in [-0.3, -0.25) is 14.6 Å². The third-order valence-electron chi connectivity index (χ3n) is 3.84. The molecule has 2 aromatic heterocycles. The molecule has 1 aliphatic rings. The molecule has 10 heteroatoms. The van der Waals surface area contributed by atoms with Crippen LogP contribution in [-0.2, 0) is 17.9 Å². The molecule has 0 bridgehead atoms. The summed E-state index contributed by atoms with van der Waals surface area (Å²) < 4.78 is 38.3. The number of aryl methyl sites for hydroxylation is 1. The topological polar surface area (TPSA) is 103 Å². The smallest absolute Gasteiger partial charge is 0.280 e. The molecule has 2 atom stereocenters. The Morgan fingerprint density at radius 2 is 2.35 bits per heavy atom. The lowest BCUT2D eigenvalue weighted by Crippen LogP contribution is -2.30. The van der Waals surface area contributed by atoms with Gasteiger partial charge in [0.25, 0.3) is 12.3 Å². The Bertz CT molecular complexity index is 897. The number of alkyl halides is 2. The van der Waals surface area contributed by atoms with E-state index in [-0.39, 0.29) is 18.3 Å². The van der Waals surface area contributed by atoms with Crippen molar-refractivity contribution in [3.05, 3.63) is 47.6 Å². The first-order valence-corrected chi connectivity index (χ1v) is 8.88. The quantitative estimate of drug-likeness (QED) is 0.652. The standard InChI is InChI=1S/C16H17F2N5O2S/c1-23-7-13-11(3-2-10(8-24)22-26(13)19)14(23)16(25)21-9-4-5-20-12(6-9)15(17)18/h2-7,10,15,24H,8H2,1H3,(H2,19,22)(H,20,21,25)/t10-,26?/m1/s1. The molecule has 0 fully saturated rings. The van der Waals surface area contributed by atoms with Crippen molar-refractivity contribution in [2.45, 2.75) is 17.4 Å². The maximum Gasteiger partial charge on any atom is 0.280 e. The summed E-state index contributed by atoms with van der Waals surface area (Å²) in [6, 6.07) is 2.18. The molecule has 0 aliphatic carbocycles. The molecule has 138 valence electrons. The molecule has 0 aromatic carbocycles. The van der Waals surface area contributed by atoms with Crippen molar-refractivity contribution in [3.63, 3.8) is 0 Å². The second-order valence-corrected chi connectivity index (χ2v) is 6.95. The highest BCUT2D eigenvalue weighted by atomic mass is 32.2. The van der Waals surface area contributed by atoms with Crippen molar-refractivity contribution in [2.75, 3.05) is 11.9 Å². The van der Waals surface area contributed by atoms with Crippen LogP contribution in [0.25, 0.3) is 6.08 Å². The lowest BCUT2D eigenvalue weighted by atomic mass is 10.1. The minimum absolute atomic E-state index is 0.162. The second kappa shape index (κ2) is 7.44. The highest BCUT2D eigenvalue weighted by Gasteiger charge is 2.24. The van der Waals surface area contributed by atoms with Crippen LogP contribution in [0.3, 0.4) is 0 Å². The van der Waals surface area contributed by atoms with Gasteiger partial charge in [0.15, 0.2) is 0 Å². The molecule has 3 rings (SSSR count). The van der Waals surface area contributed by atoms with Crippen molar-refractivity contribution in [2.24, 2.45) is 7.05 Å². The number of aliphatic hydroxyl groups is 1. The number of fused-ring (bicyclic) bond motifs is 1. The number of nitrogens with one attached hydrogen (secondary N) is 3. The van der Waals surface area contributed by atoms with Gasteiger partial charge in [0.1, 0.15) is 11.4 Å². The van der Waals surface area contributed by atoms with Crippen molar-refractivity contribution in [3.8, 4) is 0 Å². The second-order valence-electron chi connectivity index (χ2n) is 5.66. The first-order valence-electron chi connectivity index (χ1n) is 7.66. The number of nitrogens with zero attached hydrogens (tertiary/aromatic N) is 2. The van der Waals surface area contributed by atoms with Gasteiger partial charge >= 0.3 is 0 Å². The van der Waals surface area contributed by atoms with Crippen LogP contribution in [-0.4, -0.2) is 33.2 Å². The Labute approximate surface area is 150 Å². The Kier molecular flexibility index (Phi) is 5.25. The number of rotatable bonds is 4. The number of carbonyl (C=O) groups is 1. The highest BCUT2D eigenvalue weighted by Crippen LogP contribution is 2.26. The van der Waals surface area contributed by atoms with Crippen LogP contribution >= 0.6 is 0 Å². The fourth-order valence-electron chi connectivity index (χ4n) is 2.62. The molecule has 0 radical (unpaired) electrons. The first-order chi connectivity index (χ1) is 12.4. The van der Waals surface area contributed by atoms with E-state index in [0.29, 0.717) is 16.2 Å². The predicted molar refractivity (Wildman–Crippen MR) is 94.0 cm³/mol. The Morgan fingerprint density at radius 3 is 3.04 bits per heavy atom. The summed E-state index contributed by atoms with van der Waals surface area (Å²) >= 11 is 0. The zero-order valence-electron chi connectivity index (χ0n) is 13.7. The summed E-state index contributed by atoms with van der Waals surface area (Å²) in [6.45, 7) is -0.162. The Balaban J connectivity index is 1.94. The lowest BCUT2D eigenvalue weighted by molar-refractivity contribution is 0.101. The van der Waals surface area contributed by atoms with Gasteiger partial charge in [-0.25, -0.2) is 13.5 Å². The number of aliphatic hydroxyl groups excluding tert-OH is 1. The SMILES string of the molecule is Cn1cc2c(c1C(=O)Nc1ccnc(C(F)F)c1)C=C[C@H](CO)NS2=N. The number of anilines is 1. The zero-order chi connectivity index (χ0) is 18.8. The first kappa shape index (κ1) is 18.4. The van der Waals surface area contributed by atoms with Crippen molar-refractivity contribution >= 4 is 28.5 Å². The van der Waals surface area contributed by atoms with E-state index >= 15 is 0 Å². The fraction of sp³-hybridized carbons (Fsp3) is 0.250. The van der Waals surface area contributed by atoms with E-state index in [4.69, 9.17) is 4.78 Å². The molecule has 1 amide bonds. The van der Waals surface area contributed by atoms with Gasteiger partial charge in [-0.2, -0.15) is 0 Å². The van der Waals surface area contributed by atoms with Crippen LogP contribution in [0, 0.1) is 4.78 Å². The number of aromatic nitrogens is 2. The van der Waals surface area contributed by atoms with Crippen molar-refractivity contribution < 1.29 is 18.7 Å². The Morgan fingerprint density at radius 1 is 1.58 bits per heavy atom. The third-order valence-corrected chi connectivity index (χ3v) is 5.15. The predicted octanol–water partition coefficient (Wildman–Crippen LogP) is 2.24. The summed E-state index contributed by atoms with van der Waals surface area (Å²) in [5.41, 5.74) is 0.659. The lowest BCUT2D eigenvalue weighted by Gasteiger charge is -2.10. The number of hydrogen-bond donors (Lipinski definition) is 4. The third kappa shape index (κ3) is 3.57. The van der Waals surface area contributed by atoms with Gasteiger partial charge in [-0.1, -0.05) is 12.2 Å². The van der Waals surface area contributed by atoms with E-state index in [1.165, 1.54) is 12.3 Å². The number of hydrogen-bond acceptors (Lipinski definition) is 4. The number of halogens is 2. The summed E-state index contributed by atoms with van der Waals surface area (Å²) in [5.74, 6) is -0.482. The van der Waals surface area contributed by atoms with Crippen LogP contribution in [0.2, 0.25) is 0 Å². The largest absolute Gasteiger partial charge is 0.394 e. The monoisotopic (exact) mass is 381 g/mol.